The molecule has 3 nitrogen and oxygen atoms in total. The van der Waals surface area contributed by atoms with Gasteiger partial charge in [0.05, 0.1) is 0 Å². The average molecular weight is 151 g/mol. The fraction of sp³-hybridized carbons (Fsp3) is 0.125. The number of benzene rings is 1. The van der Waals surface area contributed by atoms with Gasteiger partial charge in [-0.2, -0.15) is 0 Å². The number of hydrogen-bond acceptors (Lipinski definition) is 3. The first-order valence-corrected chi connectivity index (χ1v) is 3.25. The van der Waals surface area contributed by atoms with Crippen molar-refractivity contribution >= 4 is 6.40 Å². The summed E-state index contributed by atoms with van der Waals surface area (Å²) in [5, 5.41) is 10.7. The van der Waals surface area contributed by atoms with Gasteiger partial charge in [0, 0.05) is 0 Å². The topological polar surface area (TPSA) is 41.8 Å². The van der Waals surface area contributed by atoms with Crippen LogP contribution in [0.1, 0.15) is 5.56 Å². The standard InChI is InChI=1S/C8H9NO2/c10-9-7-11-6-8-4-2-1-3-5-8/h1-5,7,10H,6H2. The summed E-state index contributed by atoms with van der Waals surface area (Å²) in [5.41, 5.74) is 1.05. The zero-order valence-corrected chi connectivity index (χ0v) is 5.97. The second-order valence-electron chi connectivity index (χ2n) is 2.02. The van der Waals surface area contributed by atoms with E-state index in [9.17, 15) is 0 Å². The van der Waals surface area contributed by atoms with E-state index in [1.807, 2.05) is 30.3 Å². The molecule has 0 unspecified atom stereocenters. The molecule has 0 aromatic heterocycles. The second kappa shape index (κ2) is 4.33. The molecule has 0 aliphatic rings. The summed E-state index contributed by atoms with van der Waals surface area (Å²) in [6.07, 6.45) is 1.01. The first-order chi connectivity index (χ1) is 5.43. The lowest BCUT2D eigenvalue weighted by atomic mass is 10.2. The number of hydrogen-bond donors (Lipinski definition) is 1. The van der Waals surface area contributed by atoms with E-state index in [0.29, 0.717) is 6.61 Å². The van der Waals surface area contributed by atoms with Crippen LogP contribution in [-0.2, 0) is 11.3 Å². The van der Waals surface area contributed by atoms with Crippen LogP contribution in [-0.4, -0.2) is 11.6 Å². The van der Waals surface area contributed by atoms with Crippen molar-refractivity contribution in [2.45, 2.75) is 6.61 Å². The molecule has 0 saturated carbocycles. The molecule has 0 amide bonds. The molecule has 1 rings (SSSR count). The third-order valence-electron chi connectivity index (χ3n) is 1.21. The van der Waals surface area contributed by atoms with Crippen LogP contribution in [0.4, 0.5) is 0 Å². The predicted octanol–water partition coefficient (Wildman–Crippen LogP) is 1.62. The number of rotatable bonds is 3. The summed E-state index contributed by atoms with van der Waals surface area (Å²) in [4.78, 5) is 0. The lowest BCUT2D eigenvalue weighted by Gasteiger charge is -1.97. The molecule has 0 aliphatic carbocycles. The van der Waals surface area contributed by atoms with Crippen LogP contribution in [0, 0.1) is 0 Å². The van der Waals surface area contributed by atoms with Gasteiger partial charge in [0.2, 0.25) is 6.40 Å². The van der Waals surface area contributed by atoms with E-state index in [2.05, 4.69) is 5.16 Å². The van der Waals surface area contributed by atoms with Gasteiger partial charge < -0.3 is 9.94 Å². The Morgan fingerprint density at radius 2 is 2.09 bits per heavy atom. The Labute approximate surface area is 64.9 Å². The molecule has 58 valence electrons. The fourth-order valence-corrected chi connectivity index (χ4v) is 0.741. The van der Waals surface area contributed by atoms with E-state index in [0.717, 1.165) is 12.0 Å². The minimum atomic E-state index is 0.435. The summed E-state index contributed by atoms with van der Waals surface area (Å²) in [6.45, 7) is 0.435. The van der Waals surface area contributed by atoms with E-state index >= 15 is 0 Å². The molecule has 0 atom stereocenters. The molecule has 11 heavy (non-hydrogen) atoms. The Balaban J connectivity index is 2.39. The quantitative estimate of drug-likeness (QED) is 0.308. The molecule has 1 aromatic carbocycles. The zero-order valence-electron chi connectivity index (χ0n) is 5.97. The lowest BCUT2D eigenvalue weighted by Crippen LogP contribution is -1.88. The Hall–Kier alpha value is -1.51. The molecule has 1 N–H and O–H groups in total. The third-order valence-corrected chi connectivity index (χ3v) is 1.21. The smallest absolute Gasteiger partial charge is 0.212 e. The van der Waals surface area contributed by atoms with Crippen LogP contribution < -0.4 is 0 Å². The first kappa shape index (κ1) is 7.60. The molecule has 0 radical (unpaired) electrons. The second-order valence-corrected chi connectivity index (χ2v) is 2.02. The van der Waals surface area contributed by atoms with E-state index in [-0.39, 0.29) is 0 Å². The predicted molar refractivity (Wildman–Crippen MR) is 41.5 cm³/mol. The maximum atomic E-state index is 7.99. The van der Waals surface area contributed by atoms with Crippen LogP contribution in [0.2, 0.25) is 0 Å². The van der Waals surface area contributed by atoms with Crippen molar-refractivity contribution in [3.63, 3.8) is 0 Å². The van der Waals surface area contributed by atoms with Crippen molar-refractivity contribution in [3.8, 4) is 0 Å². The summed E-state index contributed by atoms with van der Waals surface area (Å²) in [5.74, 6) is 0. The Bertz CT molecular complexity index is 221. The molecule has 0 heterocycles. The zero-order chi connectivity index (χ0) is 7.94. The van der Waals surface area contributed by atoms with Crippen molar-refractivity contribution in [2.75, 3.05) is 0 Å². The molecule has 0 fully saturated rings. The monoisotopic (exact) mass is 151 g/mol. The minimum absolute atomic E-state index is 0.435. The maximum Gasteiger partial charge on any atom is 0.212 e. The van der Waals surface area contributed by atoms with E-state index in [1.165, 1.54) is 0 Å². The largest absolute Gasteiger partial charge is 0.476 e. The van der Waals surface area contributed by atoms with Gasteiger partial charge in [-0.15, -0.1) is 0 Å². The molecule has 0 saturated heterocycles. The van der Waals surface area contributed by atoms with Crippen molar-refractivity contribution in [3.05, 3.63) is 35.9 Å². The highest BCUT2D eigenvalue weighted by molar-refractivity contribution is 5.45. The van der Waals surface area contributed by atoms with Crippen LogP contribution >= 0.6 is 0 Å². The van der Waals surface area contributed by atoms with Gasteiger partial charge in [-0.05, 0) is 5.56 Å². The van der Waals surface area contributed by atoms with Gasteiger partial charge in [0.25, 0.3) is 0 Å². The molecule has 0 aliphatic heterocycles. The summed E-state index contributed by atoms with van der Waals surface area (Å²) in [7, 11) is 0. The Kier molecular flexibility index (Phi) is 2.99. The van der Waals surface area contributed by atoms with Gasteiger partial charge in [0.1, 0.15) is 6.61 Å². The van der Waals surface area contributed by atoms with Crippen LogP contribution in [0.3, 0.4) is 0 Å². The molecular weight excluding hydrogens is 142 g/mol. The van der Waals surface area contributed by atoms with E-state index in [1.54, 1.807) is 0 Å². The molecular formula is C8H9NO2. The summed E-state index contributed by atoms with van der Waals surface area (Å²) in [6, 6.07) is 9.66. The average Bonchev–Trinajstić information content (AvgIpc) is 2.07. The van der Waals surface area contributed by atoms with Crippen molar-refractivity contribution in [1.29, 1.82) is 0 Å². The molecule has 1 aromatic rings. The summed E-state index contributed by atoms with van der Waals surface area (Å²) >= 11 is 0. The van der Waals surface area contributed by atoms with Crippen molar-refractivity contribution in [1.82, 2.24) is 0 Å². The molecule has 0 spiro atoms. The van der Waals surface area contributed by atoms with Gasteiger partial charge in [0.15, 0.2) is 0 Å². The van der Waals surface area contributed by atoms with E-state index in [4.69, 9.17) is 9.94 Å². The van der Waals surface area contributed by atoms with Gasteiger partial charge in [-0.25, -0.2) is 0 Å². The van der Waals surface area contributed by atoms with Crippen LogP contribution in [0.15, 0.2) is 35.5 Å². The van der Waals surface area contributed by atoms with Crippen LogP contribution in [0.25, 0.3) is 0 Å². The van der Waals surface area contributed by atoms with Crippen LogP contribution in [0.5, 0.6) is 0 Å². The van der Waals surface area contributed by atoms with Gasteiger partial charge in [-0.3, -0.25) is 0 Å². The maximum absolute atomic E-state index is 7.99. The normalized spacial score (nSPS) is 10.2. The number of ether oxygens (including phenoxy) is 1. The first-order valence-electron chi connectivity index (χ1n) is 3.25. The third kappa shape index (κ3) is 2.71. The molecule has 0 bridgehead atoms. The Morgan fingerprint density at radius 1 is 1.36 bits per heavy atom. The minimum Gasteiger partial charge on any atom is -0.476 e. The van der Waals surface area contributed by atoms with E-state index < -0.39 is 0 Å². The highest BCUT2D eigenvalue weighted by Crippen LogP contribution is 1.98. The highest BCUT2D eigenvalue weighted by atomic mass is 16.5. The van der Waals surface area contributed by atoms with Crippen molar-refractivity contribution < 1.29 is 9.94 Å². The highest BCUT2D eigenvalue weighted by Gasteiger charge is 1.87. The number of nitrogens with zero attached hydrogens (tertiary/aromatic N) is 1. The number of oxime groups is 1. The van der Waals surface area contributed by atoms with Gasteiger partial charge >= 0.3 is 0 Å². The molecule has 3 heteroatoms. The lowest BCUT2D eigenvalue weighted by molar-refractivity contribution is 0.261. The van der Waals surface area contributed by atoms with Gasteiger partial charge in [-0.1, -0.05) is 35.5 Å². The Morgan fingerprint density at radius 3 is 2.73 bits per heavy atom. The van der Waals surface area contributed by atoms with Crippen molar-refractivity contribution in [2.24, 2.45) is 5.16 Å². The SMILES string of the molecule is ON=COCc1ccccc1. The summed E-state index contributed by atoms with van der Waals surface area (Å²) < 4.78 is 4.83. The fourth-order valence-electron chi connectivity index (χ4n) is 0.741.